The average molecular weight is 282 g/mol. The molecule has 0 aromatic heterocycles. The molecule has 0 N–H and O–H groups in total. The highest BCUT2D eigenvalue weighted by atomic mass is 16.2. The molecule has 0 spiro atoms. The van der Waals surface area contributed by atoms with Gasteiger partial charge in [-0.25, -0.2) is 0 Å². The number of fused-ring (bicyclic) bond motifs is 1. The molecule has 3 rings (SSSR count). The fourth-order valence-corrected chi connectivity index (χ4v) is 3.82. The number of rotatable bonds is 3. The van der Waals surface area contributed by atoms with E-state index in [-0.39, 0.29) is 23.4 Å². The molecule has 2 aliphatic carbocycles. The van der Waals surface area contributed by atoms with Crippen LogP contribution in [0.25, 0.3) is 0 Å². The third-order valence-electron chi connectivity index (χ3n) is 4.92. The lowest BCUT2D eigenvalue weighted by atomic mass is 9.85. The zero-order chi connectivity index (χ0) is 15.0. The Bertz CT molecular complexity index is 586. The predicted octanol–water partition coefficient (Wildman–Crippen LogP) is 3.77. The van der Waals surface area contributed by atoms with Crippen LogP contribution in [0.5, 0.6) is 0 Å². The van der Waals surface area contributed by atoms with Crippen LogP contribution in [0.3, 0.4) is 0 Å². The molecule has 1 aromatic rings. The second-order valence-corrected chi connectivity index (χ2v) is 6.33. The molecule has 0 aliphatic heterocycles. The van der Waals surface area contributed by atoms with Crippen LogP contribution in [0.2, 0.25) is 0 Å². The van der Waals surface area contributed by atoms with Gasteiger partial charge in [-0.15, -0.1) is 0 Å². The first-order chi connectivity index (χ1) is 10.1. The van der Waals surface area contributed by atoms with Crippen LogP contribution in [0.15, 0.2) is 30.4 Å². The maximum atomic E-state index is 12.7. The lowest BCUT2D eigenvalue weighted by Crippen LogP contribution is -2.18. The summed E-state index contributed by atoms with van der Waals surface area (Å²) in [6, 6.07) is 6.22. The van der Waals surface area contributed by atoms with E-state index in [1.807, 2.05) is 25.1 Å². The van der Waals surface area contributed by atoms with Crippen molar-refractivity contribution in [1.29, 1.82) is 0 Å². The number of hydrogen-bond acceptors (Lipinski definition) is 2. The van der Waals surface area contributed by atoms with E-state index in [1.54, 1.807) is 0 Å². The zero-order valence-electron chi connectivity index (χ0n) is 12.8. The van der Waals surface area contributed by atoms with Gasteiger partial charge in [-0.1, -0.05) is 43.7 Å². The number of Topliss-reactive ketones (excluding diaryl/α,β-unsaturated/α-hetero) is 2. The van der Waals surface area contributed by atoms with E-state index in [9.17, 15) is 9.59 Å². The van der Waals surface area contributed by atoms with E-state index in [0.717, 1.165) is 36.8 Å². The summed E-state index contributed by atoms with van der Waals surface area (Å²) in [6.45, 7) is 4.18. The molecule has 21 heavy (non-hydrogen) atoms. The lowest BCUT2D eigenvalue weighted by molar-refractivity contribution is -0.125. The Kier molecular flexibility index (Phi) is 3.79. The summed E-state index contributed by atoms with van der Waals surface area (Å²) in [5.74, 6) is -0.401. The van der Waals surface area contributed by atoms with Crippen LogP contribution in [-0.2, 0) is 16.0 Å². The molecule has 1 aromatic carbocycles. The Morgan fingerprint density at radius 3 is 2.19 bits per heavy atom. The number of benzene rings is 1. The first-order valence-corrected chi connectivity index (χ1v) is 7.95. The number of ketones is 2. The molecule has 0 bridgehead atoms. The largest absolute Gasteiger partial charge is 0.298 e. The number of hydrogen-bond donors (Lipinski definition) is 0. The molecule has 1 saturated carbocycles. The molecule has 110 valence electrons. The van der Waals surface area contributed by atoms with Crippen molar-refractivity contribution in [3.05, 3.63) is 47.0 Å². The Morgan fingerprint density at radius 2 is 1.67 bits per heavy atom. The van der Waals surface area contributed by atoms with Gasteiger partial charge in [0.2, 0.25) is 0 Å². The Balaban J connectivity index is 1.94. The summed E-state index contributed by atoms with van der Waals surface area (Å²) in [5.41, 5.74) is 3.30. The second-order valence-electron chi connectivity index (χ2n) is 6.33. The predicted molar refractivity (Wildman–Crippen MR) is 83.3 cm³/mol. The van der Waals surface area contributed by atoms with Gasteiger partial charge in [0.05, 0.1) is 0 Å². The van der Waals surface area contributed by atoms with Crippen molar-refractivity contribution in [3.63, 3.8) is 0 Å². The van der Waals surface area contributed by atoms with Crippen molar-refractivity contribution < 1.29 is 9.59 Å². The smallest absolute Gasteiger partial charge is 0.151 e. The van der Waals surface area contributed by atoms with Gasteiger partial charge in [0.15, 0.2) is 11.6 Å². The van der Waals surface area contributed by atoms with Crippen LogP contribution < -0.4 is 0 Å². The van der Waals surface area contributed by atoms with E-state index in [4.69, 9.17) is 0 Å². The van der Waals surface area contributed by atoms with Gasteiger partial charge in [-0.05, 0) is 42.9 Å². The van der Waals surface area contributed by atoms with Crippen molar-refractivity contribution in [1.82, 2.24) is 0 Å². The highest BCUT2D eigenvalue weighted by Crippen LogP contribution is 2.43. The standard InChI is InChI=1S/C19H22O2/c1-3-6-13-9-10-14(12(2)11-13)17-18(20)15-7-4-5-8-16(15)19(17)21/h4-5,9-11,15-17H,3,6-8H2,1-2H3. The van der Waals surface area contributed by atoms with Gasteiger partial charge in [0.25, 0.3) is 0 Å². The molecule has 0 radical (unpaired) electrons. The third kappa shape index (κ3) is 2.37. The van der Waals surface area contributed by atoms with Crippen LogP contribution in [0.1, 0.15) is 48.8 Å². The van der Waals surface area contributed by atoms with E-state index >= 15 is 0 Å². The van der Waals surface area contributed by atoms with E-state index in [1.165, 1.54) is 5.56 Å². The number of allylic oxidation sites excluding steroid dienone is 2. The highest BCUT2D eigenvalue weighted by molar-refractivity contribution is 6.16. The summed E-state index contributed by atoms with van der Waals surface area (Å²) in [7, 11) is 0. The van der Waals surface area contributed by atoms with Crippen molar-refractivity contribution in [3.8, 4) is 0 Å². The quantitative estimate of drug-likeness (QED) is 0.625. The average Bonchev–Trinajstić information content (AvgIpc) is 2.73. The van der Waals surface area contributed by atoms with Crippen LogP contribution >= 0.6 is 0 Å². The van der Waals surface area contributed by atoms with Crippen molar-refractivity contribution in [2.75, 3.05) is 0 Å². The number of carbonyl (C=O) groups excluding carboxylic acids is 2. The summed E-state index contributed by atoms with van der Waals surface area (Å²) < 4.78 is 0. The fourth-order valence-electron chi connectivity index (χ4n) is 3.82. The van der Waals surface area contributed by atoms with Gasteiger partial charge in [-0.3, -0.25) is 9.59 Å². The minimum absolute atomic E-state index is 0.0813. The topological polar surface area (TPSA) is 34.1 Å². The highest BCUT2D eigenvalue weighted by Gasteiger charge is 2.49. The maximum absolute atomic E-state index is 12.7. The first kappa shape index (κ1) is 14.2. The minimum atomic E-state index is -0.518. The molecule has 0 saturated heterocycles. The molecule has 2 unspecified atom stereocenters. The summed E-state index contributed by atoms with van der Waals surface area (Å²) in [4.78, 5) is 25.3. The van der Waals surface area contributed by atoms with E-state index < -0.39 is 5.92 Å². The third-order valence-corrected chi connectivity index (χ3v) is 4.92. The fraction of sp³-hybridized carbons (Fsp3) is 0.474. The normalized spacial score (nSPS) is 28.0. The number of aryl methyl sites for hydroxylation is 2. The first-order valence-electron chi connectivity index (χ1n) is 7.95. The van der Waals surface area contributed by atoms with Gasteiger partial charge >= 0.3 is 0 Å². The Labute approximate surface area is 126 Å². The van der Waals surface area contributed by atoms with Crippen molar-refractivity contribution in [2.24, 2.45) is 11.8 Å². The van der Waals surface area contributed by atoms with Gasteiger partial charge < -0.3 is 0 Å². The van der Waals surface area contributed by atoms with Crippen molar-refractivity contribution in [2.45, 2.75) is 45.4 Å². The second kappa shape index (κ2) is 5.59. The molecule has 2 heteroatoms. The Hall–Kier alpha value is -1.70. The van der Waals surface area contributed by atoms with Gasteiger partial charge in [0.1, 0.15) is 5.92 Å². The van der Waals surface area contributed by atoms with Gasteiger partial charge in [-0.2, -0.15) is 0 Å². The SMILES string of the molecule is CCCc1ccc(C2C(=O)C3CC=CCC3C2=O)c(C)c1. The van der Waals surface area contributed by atoms with Crippen LogP contribution in [-0.4, -0.2) is 11.6 Å². The molecular formula is C19H22O2. The minimum Gasteiger partial charge on any atom is -0.298 e. The number of carbonyl (C=O) groups is 2. The molecular weight excluding hydrogens is 260 g/mol. The van der Waals surface area contributed by atoms with Gasteiger partial charge in [0, 0.05) is 11.8 Å². The Morgan fingerprint density at radius 1 is 1.05 bits per heavy atom. The van der Waals surface area contributed by atoms with Crippen LogP contribution in [0, 0.1) is 18.8 Å². The van der Waals surface area contributed by atoms with E-state index in [2.05, 4.69) is 19.1 Å². The summed E-state index contributed by atoms with van der Waals surface area (Å²) in [6.07, 6.45) is 7.72. The molecule has 2 nitrogen and oxygen atoms in total. The maximum Gasteiger partial charge on any atom is 0.151 e. The lowest BCUT2D eigenvalue weighted by Gasteiger charge is -2.16. The van der Waals surface area contributed by atoms with Crippen LogP contribution in [0.4, 0.5) is 0 Å². The monoisotopic (exact) mass is 282 g/mol. The van der Waals surface area contributed by atoms with E-state index in [0.29, 0.717) is 0 Å². The molecule has 0 heterocycles. The van der Waals surface area contributed by atoms with Crippen molar-refractivity contribution >= 4 is 11.6 Å². The molecule has 1 fully saturated rings. The molecule has 2 aliphatic rings. The summed E-state index contributed by atoms with van der Waals surface area (Å²) >= 11 is 0. The summed E-state index contributed by atoms with van der Waals surface area (Å²) in [5, 5.41) is 0. The zero-order valence-corrected chi connectivity index (χ0v) is 12.8. The molecule has 0 amide bonds. The molecule has 2 atom stereocenters.